The van der Waals surface area contributed by atoms with Crippen molar-refractivity contribution in [2.24, 2.45) is 0 Å². The largest absolute Gasteiger partial charge is 0.342 e. The molecule has 1 saturated heterocycles. The SMILES string of the molecule is O=C(Cc1c(Cl)cccc1Cl)N1CCCC(c2nnc3n2CCCCC3)C1. The number of fused-ring (bicyclic) bond motifs is 1. The van der Waals surface area contributed by atoms with Crippen LogP contribution in [-0.2, 0) is 24.2 Å². The van der Waals surface area contributed by atoms with Crippen LogP contribution in [0.2, 0.25) is 10.0 Å². The summed E-state index contributed by atoms with van der Waals surface area (Å²) in [4.78, 5) is 14.8. The minimum Gasteiger partial charge on any atom is -0.342 e. The zero-order valence-electron chi connectivity index (χ0n) is 15.3. The van der Waals surface area contributed by atoms with Crippen molar-refractivity contribution in [3.05, 3.63) is 45.5 Å². The van der Waals surface area contributed by atoms with Gasteiger partial charge in [0.05, 0.1) is 6.42 Å². The standard InChI is InChI=1S/C20H24Cl2N4O/c21-16-7-4-8-17(22)15(16)12-19(27)25-10-5-6-14(13-25)20-24-23-18-9-2-1-3-11-26(18)20/h4,7-8,14H,1-3,5-6,9-13H2. The number of carbonyl (C=O) groups excluding carboxylic acids is 1. The molecule has 0 spiro atoms. The van der Waals surface area contributed by atoms with Crippen LogP contribution in [0.15, 0.2) is 18.2 Å². The van der Waals surface area contributed by atoms with Crippen molar-refractivity contribution < 1.29 is 4.79 Å². The van der Waals surface area contributed by atoms with Gasteiger partial charge in [-0.05, 0) is 43.4 Å². The molecule has 0 N–H and O–H groups in total. The maximum atomic E-state index is 12.9. The Labute approximate surface area is 169 Å². The lowest BCUT2D eigenvalue weighted by molar-refractivity contribution is -0.131. The second-order valence-corrected chi connectivity index (χ2v) is 8.31. The Bertz CT molecular complexity index is 815. The molecule has 0 saturated carbocycles. The first kappa shape index (κ1) is 18.8. The number of nitrogens with zero attached hydrogens (tertiary/aromatic N) is 4. The van der Waals surface area contributed by atoms with Crippen molar-refractivity contribution in [2.45, 2.75) is 57.4 Å². The van der Waals surface area contributed by atoms with E-state index in [1.807, 2.05) is 4.90 Å². The number of hydrogen-bond donors (Lipinski definition) is 0. The summed E-state index contributed by atoms with van der Waals surface area (Å²) in [7, 11) is 0. The third kappa shape index (κ3) is 3.99. The summed E-state index contributed by atoms with van der Waals surface area (Å²) in [5, 5.41) is 10.0. The molecule has 1 unspecified atom stereocenters. The Morgan fingerprint density at radius 2 is 1.89 bits per heavy atom. The number of piperidine rings is 1. The van der Waals surface area contributed by atoms with Gasteiger partial charge in [0.2, 0.25) is 5.91 Å². The van der Waals surface area contributed by atoms with E-state index in [2.05, 4.69) is 14.8 Å². The van der Waals surface area contributed by atoms with E-state index in [1.165, 1.54) is 19.3 Å². The van der Waals surface area contributed by atoms with Crippen molar-refractivity contribution in [1.82, 2.24) is 19.7 Å². The Morgan fingerprint density at radius 3 is 2.70 bits per heavy atom. The Balaban J connectivity index is 1.48. The average Bonchev–Trinajstić information content (AvgIpc) is 2.93. The van der Waals surface area contributed by atoms with E-state index < -0.39 is 0 Å². The lowest BCUT2D eigenvalue weighted by atomic mass is 9.96. The first-order valence-corrected chi connectivity index (χ1v) is 10.5. The van der Waals surface area contributed by atoms with Crippen molar-refractivity contribution in [3.63, 3.8) is 0 Å². The van der Waals surface area contributed by atoms with Crippen LogP contribution in [0, 0.1) is 0 Å². The number of halogens is 2. The molecule has 0 bridgehead atoms. The number of benzene rings is 1. The molecular formula is C20H24Cl2N4O. The topological polar surface area (TPSA) is 51.0 Å². The van der Waals surface area contributed by atoms with Gasteiger partial charge in [0.1, 0.15) is 11.6 Å². The molecule has 144 valence electrons. The van der Waals surface area contributed by atoms with E-state index in [-0.39, 0.29) is 18.2 Å². The van der Waals surface area contributed by atoms with Crippen molar-refractivity contribution >= 4 is 29.1 Å². The van der Waals surface area contributed by atoms with Gasteiger partial charge in [-0.15, -0.1) is 10.2 Å². The molecule has 1 amide bonds. The number of amides is 1. The fraction of sp³-hybridized carbons (Fsp3) is 0.550. The van der Waals surface area contributed by atoms with Crippen LogP contribution >= 0.6 is 23.2 Å². The number of aryl methyl sites for hydroxylation is 1. The maximum Gasteiger partial charge on any atom is 0.227 e. The summed E-state index contributed by atoms with van der Waals surface area (Å²) in [6.45, 7) is 2.47. The molecule has 3 heterocycles. The zero-order valence-corrected chi connectivity index (χ0v) is 16.8. The van der Waals surface area contributed by atoms with Crippen molar-refractivity contribution in [3.8, 4) is 0 Å². The third-order valence-corrected chi connectivity index (χ3v) is 6.38. The van der Waals surface area contributed by atoms with Gasteiger partial charge in [-0.3, -0.25) is 4.79 Å². The predicted octanol–water partition coefficient (Wildman–Crippen LogP) is 4.26. The van der Waals surface area contributed by atoms with Gasteiger partial charge >= 0.3 is 0 Å². The second kappa shape index (κ2) is 8.19. The third-order valence-electron chi connectivity index (χ3n) is 5.67. The first-order chi connectivity index (χ1) is 13.1. The van der Waals surface area contributed by atoms with E-state index >= 15 is 0 Å². The van der Waals surface area contributed by atoms with Gasteiger partial charge in [-0.25, -0.2) is 0 Å². The number of aromatic nitrogens is 3. The van der Waals surface area contributed by atoms with Gasteiger partial charge in [-0.1, -0.05) is 35.7 Å². The van der Waals surface area contributed by atoms with Gasteiger partial charge < -0.3 is 9.47 Å². The quantitative estimate of drug-likeness (QED) is 0.764. The summed E-state index contributed by atoms with van der Waals surface area (Å²) in [5.41, 5.74) is 0.712. The average molecular weight is 407 g/mol. The van der Waals surface area contributed by atoms with E-state index in [4.69, 9.17) is 23.2 Å². The molecule has 0 radical (unpaired) electrons. The molecule has 1 aromatic carbocycles. The molecule has 0 aliphatic carbocycles. The highest BCUT2D eigenvalue weighted by Gasteiger charge is 2.29. The molecule has 2 aromatic rings. The van der Waals surface area contributed by atoms with Gasteiger partial charge in [0.25, 0.3) is 0 Å². The minimum absolute atomic E-state index is 0.0744. The molecule has 1 aromatic heterocycles. The summed E-state index contributed by atoms with van der Waals surface area (Å²) in [6, 6.07) is 5.35. The van der Waals surface area contributed by atoms with Gasteiger partial charge in [-0.2, -0.15) is 0 Å². The summed E-state index contributed by atoms with van der Waals surface area (Å²) in [6.07, 6.45) is 6.89. The lowest BCUT2D eigenvalue weighted by Crippen LogP contribution is -2.40. The molecule has 2 aliphatic rings. The monoisotopic (exact) mass is 406 g/mol. The lowest BCUT2D eigenvalue weighted by Gasteiger charge is -2.32. The highest BCUT2D eigenvalue weighted by Crippen LogP contribution is 2.30. The van der Waals surface area contributed by atoms with Crippen molar-refractivity contribution in [2.75, 3.05) is 13.1 Å². The highest BCUT2D eigenvalue weighted by atomic mass is 35.5. The second-order valence-electron chi connectivity index (χ2n) is 7.49. The smallest absolute Gasteiger partial charge is 0.227 e. The predicted molar refractivity (Wildman–Crippen MR) is 106 cm³/mol. The van der Waals surface area contributed by atoms with E-state index in [0.717, 1.165) is 44.0 Å². The summed E-state index contributed by atoms with van der Waals surface area (Å²) in [5.74, 6) is 2.49. The number of carbonyl (C=O) groups is 1. The summed E-state index contributed by atoms with van der Waals surface area (Å²) < 4.78 is 2.30. The first-order valence-electron chi connectivity index (χ1n) is 9.76. The van der Waals surface area contributed by atoms with Gasteiger partial charge in [0.15, 0.2) is 0 Å². The van der Waals surface area contributed by atoms with Crippen LogP contribution in [0.3, 0.4) is 0 Å². The molecule has 2 aliphatic heterocycles. The van der Waals surface area contributed by atoms with Crippen LogP contribution < -0.4 is 0 Å². The van der Waals surface area contributed by atoms with E-state index in [9.17, 15) is 4.79 Å². The van der Waals surface area contributed by atoms with E-state index in [1.54, 1.807) is 18.2 Å². The Morgan fingerprint density at radius 1 is 1.07 bits per heavy atom. The van der Waals surface area contributed by atoms with E-state index in [0.29, 0.717) is 22.2 Å². The van der Waals surface area contributed by atoms with Crippen molar-refractivity contribution in [1.29, 1.82) is 0 Å². The summed E-state index contributed by atoms with van der Waals surface area (Å²) >= 11 is 12.5. The normalized spacial score (nSPS) is 20.2. The molecular weight excluding hydrogens is 383 g/mol. The van der Waals surface area contributed by atoms with Crippen LogP contribution in [0.1, 0.15) is 55.2 Å². The number of likely N-dealkylation sites (tertiary alicyclic amines) is 1. The molecule has 1 atom stereocenters. The molecule has 4 rings (SSSR count). The Hall–Kier alpha value is -1.59. The molecule has 1 fully saturated rings. The van der Waals surface area contributed by atoms with Crippen LogP contribution in [0.4, 0.5) is 0 Å². The molecule has 7 heteroatoms. The van der Waals surface area contributed by atoms with Gasteiger partial charge in [0, 0.05) is 42.0 Å². The zero-order chi connectivity index (χ0) is 18.8. The highest BCUT2D eigenvalue weighted by molar-refractivity contribution is 6.36. The maximum absolute atomic E-state index is 12.9. The minimum atomic E-state index is 0.0744. The molecule has 27 heavy (non-hydrogen) atoms. The molecule has 5 nitrogen and oxygen atoms in total. The van der Waals surface area contributed by atoms with Crippen LogP contribution in [-0.4, -0.2) is 38.7 Å². The van der Waals surface area contributed by atoms with Crippen LogP contribution in [0.25, 0.3) is 0 Å². The number of hydrogen-bond acceptors (Lipinski definition) is 3. The fourth-order valence-corrected chi connectivity index (χ4v) is 4.72. The Kier molecular flexibility index (Phi) is 5.69. The number of rotatable bonds is 3. The van der Waals surface area contributed by atoms with Crippen LogP contribution in [0.5, 0.6) is 0 Å². The fourth-order valence-electron chi connectivity index (χ4n) is 4.19.